The van der Waals surface area contributed by atoms with Crippen molar-refractivity contribution in [2.24, 2.45) is 5.92 Å². The largest absolute Gasteiger partial charge is 0.312 e. The maximum Gasteiger partial charge on any atom is 0.0708 e. The molecule has 0 radical (unpaired) electrons. The summed E-state index contributed by atoms with van der Waals surface area (Å²) in [6, 6.07) is 8.05. The van der Waals surface area contributed by atoms with Crippen molar-refractivity contribution in [2.75, 3.05) is 6.54 Å². The van der Waals surface area contributed by atoms with E-state index in [0.717, 1.165) is 40.8 Å². The molecule has 3 nitrogen and oxygen atoms in total. The predicted octanol–water partition coefficient (Wildman–Crippen LogP) is 3.89. The van der Waals surface area contributed by atoms with Gasteiger partial charge in [-0.1, -0.05) is 31.5 Å². The van der Waals surface area contributed by atoms with Gasteiger partial charge in [0.25, 0.3) is 0 Å². The zero-order valence-electron chi connectivity index (χ0n) is 12.6. The molecule has 1 aromatic carbocycles. The smallest absolute Gasteiger partial charge is 0.0708 e. The summed E-state index contributed by atoms with van der Waals surface area (Å²) in [5.74, 6) is 0.620. The monoisotopic (exact) mass is 291 g/mol. The molecule has 20 heavy (non-hydrogen) atoms. The molecule has 0 aliphatic heterocycles. The second kappa shape index (κ2) is 6.42. The predicted molar refractivity (Wildman–Crippen MR) is 84.6 cm³/mol. The van der Waals surface area contributed by atoms with E-state index < -0.39 is 0 Å². The Morgan fingerprint density at radius 2 is 2.05 bits per heavy atom. The molecule has 108 valence electrons. The van der Waals surface area contributed by atoms with E-state index in [4.69, 9.17) is 11.6 Å². The molecule has 0 unspecified atom stereocenters. The van der Waals surface area contributed by atoms with Gasteiger partial charge >= 0.3 is 0 Å². The van der Waals surface area contributed by atoms with Crippen molar-refractivity contribution in [3.05, 3.63) is 46.2 Å². The fraction of sp³-hybridized carbons (Fsp3) is 0.438. The molecule has 0 saturated carbocycles. The molecule has 0 aliphatic carbocycles. The van der Waals surface area contributed by atoms with Crippen LogP contribution in [-0.4, -0.2) is 16.3 Å². The van der Waals surface area contributed by atoms with Crippen LogP contribution in [0.15, 0.2) is 24.3 Å². The number of hydrogen-bond donors (Lipinski definition) is 1. The first kappa shape index (κ1) is 15.1. The molecule has 1 aromatic heterocycles. The molecule has 2 rings (SSSR count). The highest BCUT2D eigenvalue weighted by Crippen LogP contribution is 2.24. The maximum absolute atomic E-state index is 6.37. The summed E-state index contributed by atoms with van der Waals surface area (Å²) in [5.41, 5.74) is 4.29. The third-order valence-electron chi connectivity index (χ3n) is 3.19. The van der Waals surface area contributed by atoms with E-state index >= 15 is 0 Å². The first-order chi connectivity index (χ1) is 9.49. The summed E-state index contributed by atoms with van der Waals surface area (Å²) in [6.45, 7) is 10.2. The highest BCUT2D eigenvalue weighted by Gasteiger charge is 2.11. The molecule has 0 atom stereocenters. The first-order valence-corrected chi connectivity index (χ1v) is 7.38. The Hall–Kier alpha value is -1.32. The van der Waals surface area contributed by atoms with E-state index in [9.17, 15) is 0 Å². The minimum Gasteiger partial charge on any atom is -0.312 e. The first-order valence-electron chi connectivity index (χ1n) is 7.00. The van der Waals surface area contributed by atoms with E-state index in [1.54, 1.807) is 0 Å². The molecule has 0 spiro atoms. The Kier molecular flexibility index (Phi) is 4.84. The van der Waals surface area contributed by atoms with Gasteiger partial charge in [-0.25, -0.2) is 4.68 Å². The third-order valence-corrected chi connectivity index (χ3v) is 3.54. The van der Waals surface area contributed by atoms with Gasteiger partial charge in [-0.15, -0.1) is 0 Å². The Bertz CT molecular complexity index is 587. The summed E-state index contributed by atoms with van der Waals surface area (Å²) in [4.78, 5) is 0. The van der Waals surface area contributed by atoms with E-state index in [1.807, 2.05) is 23.7 Å². The standard InChI is InChI=1S/C16H22ClN3/c1-11(2)9-18-10-14-15(17)6-5-7-16(14)20-13(4)8-12(3)19-20/h5-8,11,18H,9-10H2,1-4H3. The number of rotatable bonds is 5. The number of nitrogens with zero attached hydrogens (tertiary/aromatic N) is 2. The van der Waals surface area contributed by atoms with Crippen molar-refractivity contribution in [1.82, 2.24) is 15.1 Å². The molecular formula is C16H22ClN3. The van der Waals surface area contributed by atoms with Crippen molar-refractivity contribution < 1.29 is 0 Å². The molecule has 0 amide bonds. The van der Waals surface area contributed by atoms with Gasteiger partial charge in [0.2, 0.25) is 0 Å². The summed E-state index contributed by atoms with van der Waals surface area (Å²) >= 11 is 6.37. The number of aromatic nitrogens is 2. The molecule has 2 aromatic rings. The number of nitrogens with one attached hydrogen (secondary N) is 1. The van der Waals surface area contributed by atoms with Crippen LogP contribution in [0.25, 0.3) is 5.69 Å². The van der Waals surface area contributed by atoms with Crippen LogP contribution >= 0.6 is 11.6 Å². The number of aryl methyl sites for hydroxylation is 2. The Morgan fingerprint density at radius 1 is 1.30 bits per heavy atom. The average molecular weight is 292 g/mol. The Labute approximate surface area is 126 Å². The van der Waals surface area contributed by atoms with Crippen molar-refractivity contribution in [3.63, 3.8) is 0 Å². The van der Waals surface area contributed by atoms with Gasteiger partial charge in [-0.3, -0.25) is 0 Å². The van der Waals surface area contributed by atoms with Gasteiger partial charge in [0.1, 0.15) is 0 Å². The average Bonchev–Trinajstić information content (AvgIpc) is 2.70. The van der Waals surface area contributed by atoms with E-state index in [1.165, 1.54) is 0 Å². The third kappa shape index (κ3) is 3.41. The molecule has 0 bridgehead atoms. The molecule has 4 heteroatoms. The number of halogens is 1. The summed E-state index contributed by atoms with van der Waals surface area (Å²) in [5, 5.41) is 8.79. The minimum absolute atomic E-state index is 0.620. The van der Waals surface area contributed by atoms with Crippen LogP contribution in [0.3, 0.4) is 0 Å². The molecule has 0 fully saturated rings. The van der Waals surface area contributed by atoms with Gasteiger partial charge in [0, 0.05) is 22.8 Å². The van der Waals surface area contributed by atoms with Crippen LogP contribution < -0.4 is 5.32 Å². The van der Waals surface area contributed by atoms with Gasteiger partial charge in [-0.05, 0) is 44.5 Å². The molecular weight excluding hydrogens is 270 g/mol. The Morgan fingerprint density at radius 3 is 2.65 bits per heavy atom. The highest BCUT2D eigenvalue weighted by atomic mass is 35.5. The fourth-order valence-corrected chi connectivity index (χ4v) is 2.52. The van der Waals surface area contributed by atoms with Crippen molar-refractivity contribution in [3.8, 4) is 5.69 Å². The second-order valence-corrected chi connectivity index (χ2v) is 6.01. The number of benzene rings is 1. The van der Waals surface area contributed by atoms with Gasteiger partial charge in [0.15, 0.2) is 0 Å². The topological polar surface area (TPSA) is 29.9 Å². The maximum atomic E-state index is 6.37. The summed E-state index contributed by atoms with van der Waals surface area (Å²) < 4.78 is 1.97. The zero-order chi connectivity index (χ0) is 14.7. The van der Waals surface area contributed by atoms with E-state index in [-0.39, 0.29) is 0 Å². The van der Waals surface area contributed by atoms with Gasteiger partial charge in [0.05, 0.1) is 11.4 Å². The van der Waals surface area contributed by atoms with Gasteiger partial charge in [-0.2, -0.15) is 5.10 Å². The quantitative estimate of drug-likeness (QED) is 0.906. The number of hydrogen-bond acceptors (Lipinski definition) is 2. The lowest BCUT2D eigenvalue weighted by Gasteiger charge is -2.14. The molecule has 1 heterocycles. The highest BCUT2D eigenvalue weighted by molar-refractivity contribution is 6.31. The summed E-state index contributed by atoms with van der Waals surface area (Å²) in [7, 11) is 0. The minimum atomic E-state index is 0.620. The van der Waals surface area contributed by atoms with Crippen LogP contribution in [0.5, 0.6) is 0 Å². The normalized spacial score (nSPS) is 11.3. The van der Waals surface area contributed by atoms with Crippen molar-refractivity contribution in [1.29, 1.82) is 0 Å². The molecule has 0 saturated heterocycles. The zero-order valence-corrected chi connectivity index (χ0v) is 13.3. The van der Waals surface area contributed by atoms with E-state index in [2.05, 4.69) is 43.3 Å². The molecule has 0 aliphatic rings. The fourth-order valence-electron chi connectivity index (χ4n) is 2.28. The van der Waals surface area contributed by atoms with E-state index in [0.29, 0.717) is 5.92 Å². The van der Waals surface area contributed by atoms with Crippen molar-refractivity contribution in [2.45, 2.75) is 34.2 Å². The summed E-state index contributed by atoms with van der Waals surface area (Å²) in [6.07, 6.45) is 0. The van der Waals surface area contributed by atoms with Crippen LogP contribution in [0.4, 0.5) is 0 Å². The van der Waals surface area contributed by atoms with Crippen molar-refractivity contribution >= 4 is 11.6 Å². The van der Waals surface area contributed by atoms with Crippen LogP contribution in [0.1, 0.15) is 30.8 Å². The SMILES string of the molecule is Cc1cc(C)n(-c2cccc(Cl)c2CNCC(C)C)n1. The van der Waals surface area contributed by atoms with Crippen LogP contribution in [0.2, 0.25) is 5.02 Å². The Balaban J connectivity index is 2.33. The second-order valence-electron chi connectivity index (χ2n) is 5.60. The lowest BCUT2D eigenvalue weighted by molar-refractivity contribution is 0.551. The van der Waals surface area contributed by atoms with Crippen LogP contribution in [-0.2, 0) is 6.54 Å². The lowest BCUT2D eigenvalue weighted by atomic mass is 10.1. The lowest BCUT2D eigenvalue weighted by Crippen LogP contribution is -2.20. The van der Waals surface area contributed by atoms with Gasteiger partial charge < -0.3 is 5.32 Å². The van der Waals surface area contributed by atoms with Crippen LogP contribution in [0, 0.1) is 19.8 Å². The molecule has 1 N–H and O–H groups in total.